The molecule has 0 spiro atoms. The van der Waals surface area contributed by atoms with Crippen molar-refractivity contribution in [1.82, 2.24) is 10.6 Å². The molecule has 1 atom stereocenters. The average molecular weight is 405 g/mol. The number of methoxy groups -OCH3 is 1. The molecule has 0 saturated heterocycles. The highest BCUT2D eigenvalue weighted by Crippen LogP contribution is 2.20. The summed E-state index contributed by atoms with van der Waals surface area (Å²) in [5.41, 5.74) is 1.33. The lowest BCUT2D eigenvalue weighted by Crippen LogP contribution is -2.45. The highest BCUT2D eigenvalue weighted by atomic mass is 127. The first-order chi connectivity index (χ1) is 9.47. The highest BCUT2D eigenvalue weighted by Gasteiger charge is 2.24. The van der Waals surface area contributed by atoms with Gasteiger partial charge < -0.3 is 15.4 Å². The third-order valence-corrected chi connectivity index (χ3v) is 3.23. The van der Waals surface area contributed by atoms with Crippen molar-refractivity contribution in [2.45, 2.75) is 33.4 Å². The Balaban J connectivity index is 0.00000400. The Morgan fingerprint density at radius 3 is 2.29 bits per heavy atom. The van der Waals surface area contributed by atoms with Gasteiger partial charge in [-0.05, 0) is 11.0 Å². The van der Waals surface area contributed by atoms with Gasteiger partial charge in [0.25, 0.3) is 0 Å². The largest absolute Gasteiger partial charge is 0.379 e. The van der Waals surface area contributed by atoms with Gasteiger partial charge in [-0.2, -0.15) is 0 Å². The second-order valence-corrected chi connectivity index (χ2v) is 5.88. The molecule has 0 aliphatic rings. The fraction of sp³-hybridized carbons (Fsp3) is 0.562. The summed E-state index contributed by atoms with van der Waals surface area (Å²) < 4.78 is 5.53. The predicted molar refractivity (Wildman–Crippen MR) is 100 cm³/mol. The maximum absolute atomic E-state index is 5.53. The molecule has 0 amide bonds. The predicted octanol–water partition coefficient (Wildman–Crippen LogP) is 3.03. The minimum Gasteiger partial charge on any atom is -0.379 e. The Hall–Kier alpha value is -0.820. The maximum atomic E-state index is 5.53. The number of benzene rings is 1. The van der Waals surface area contributed by atoms with Crippen LogP contribution in [0.25, 0.3) is 0 Å². The molecule has 1 rings (SSSR count). The van der Waals surface area contributed by atoms with E-state index in [1.54, 1.807) is 14.2 Å². The first kappa shape index (κ1) is 20.2. The van der Waals surface area contributed by atoms with E-state index in [2.05, 4.69) is 48.5 Å². The van der Waals surface area contributed by atoms with Crippen molar-refractivity contribution in [3.63, 3.8) is 0 Å². The topological polar surface area (TPSA) is 45.7 Å². The zero-order valence-corrected chi connectivity index (χ0v) is 16.0. The second-order valence-electron chi connectivity index (χ2n) is 5.88. The lowest BCUT2D eigenvalue weighted by Gasteiger charge is -2.30. The molecule has 1 aromatic carbocycles. The van der Waals surface area contributed by atoms with Crippen LogP contribution in [0.4, 0.5) is 0 Å². The lowest BCUT2D eigenvalue weighted by atomic mass is 9.89. The van der Waals surface area contributed by atoms with Gasteiger partial charge in [-0.3, -0.25) is 4.99 Å². The van der Waals surface area contributed by atoms with Gasteiger partial charge in [-0.1, -0.05) is 51.1 Å². The third kappa shape index (κ3) is 7.66. The Kier molecular flexibility index (Phi) is 9.61. The smallest absolute Gasteiger partial charge is 0.191 e. The minimum atomic E-state index is 0. The van der Waals surface area contributed by atoms with Crippen LogP contribution in [0.5, 0.6) is 0 Å². The fourth-order valence-corrected chi connectivity index (χ4v) is 1.93. The number of rotatable bonds is 5. The standard InChI is InChI=1S/C16H27N3O.HI/c1-16(2,3)14(20-5)12-19-15(17-4)18-11-13-9-7-6-8-10-13;/h6-10,14H,11-12H2,1-5H3,(H2,17,18,19);1H. The number of aliphatic imine (C=N–C) groups is 1. The number of ether oxygens (including phenoxy) is 1. The van der Waals surface area contributed by atoms with Crippen molar-refractivity contribution < 1.29 is 4.74 Å². The van der Waals surface area contributed by atoms with Gasteiger partial charge >= 0.3 is 0 Å². The van der Waals surface area contributed by atoms with E-state index in [1.165, 1.54) is 5.56 Å². The SMILES string of the molecule is CN=C(NCc1ccccc1)NCC(OC)C(C)(C)C.I. The van der Waals surface area contributed by atoms with Crippen molar-refractivity contribution in [2.75, 3.05) is 20.7 Å². The molecular formula is C16H28IN3O. The fourth-order valence-electron chi connectivity index (χ4n) is 1.93. The molecule has 0 radical (unpaired) electrons. The van der Waals surface area contributed by atoms with Gasteiger partial charge in [-0.25, -0.2) is 0 Å². The van der Waals surface area contributed by atoms with Gasteiger partial charge in [0.15, 0.2) is 5.96 Å². The normalized spacial score (nSPS) is 13.3. The molecule has 0 saturated carbocycles. The molecule has 0 fully saturated rings. The summed E-state index contributed by atoms with van der Waals surface area (Å²) in [6.07, 6.45) is 0.137. The average Bonchev–Trinajstić information content (AvgIpc) is 2.42. The molecule has 1 unspecified atom stereocenters. The van der Waals surface area contributed by atoms with Crippen molar-refractivity contribution >= 4 is 29.9 Å². The van der Waals surface area contributed by atoms with Gasteiger partial charge in [-0.15, -0.1) is 24.0 Å². The van der Waals surface area contributed by atoms with Crippen LogP contribution in [0.2, 0.25) is 0 Å². The van der Waals surface area contributed by atoms with Gasteiger partial charge in [0.1, 0.15) is 0 Å². The molecule has 2 N–H and O–H groups in total. The molecule has 0 bridgehead atoms. The van der Waals surface area contributed by atoms with E-state index in [0.29, 0.717) is 0 Å². The van der Waals surface area contributed by atoms with Crippen molar-refractivity contribution in [1.29, 1.82) is 0 Å². The van der Waals surface area contributed by atoms with E-state index in [9.17, 15) is 0 Å². The van der Waals surface area contributed by atoms with E-state index in [1.807, 2.05) is 18.2 Å². The first-order valence-corrected chi connectivity index (χ1v) is 6.98. The van der Waals surface area contributed by atoms with Crippen LogP contribution in [0.15, 0.2) is 35.3 Å². The summed E-state index contributed by atoms with van der Waals surface area (Å²) in [5, 5.41) is 6.61. The summed E-state index contributed by atoms with van der Waals surface area (Å²) in [7, 11) is 3.52. The van der Waals surface area contributed by atoms with Crippen LogP contribution in [0.3, 0.4) is 0 Å². The molecule has 0 aromatic heterocycles. The van der Waals surface area contributed by atoms with Crippen molar-refractivity contribution in [3.05, 3.63) is 35.9 Å². The summed E-state index contributed by atoms with van der Waals surface area (Å²) in [6.45, 7) is 8.00. The number of guanidine groups is 1. The van der Waals surface area contributed by atoms with E-state index in [-0.39, 0.29) is 35.5 Å². The van der Waals surface area contributed by atoms with Crippen LogP contribution in [-0.4, -0.2) is 32.8 Å². The summed E-state index contributed by atoms with van der Waals surface area (Å²) in [5.74, 6) is 0.792. The van der Waals surface area contributed by atoms with E-state index >= 15 is 0 Å². The zero-order chi connectivity index (χ0) is 15.0. The molecule has 5 heteroatoms. The number of halogens is 1. The lowest BCUT2D eigenvalue weighted by molar-refractivity contribution is 0.0205. The Labute approximate surface area is 145 Å². The minimum absolute atomic E-state index is 0. The van der Waals surface area contributed by atoms with Gasteiger partial charge in [0, 0.05) is 27.2 Å². The Morgan fingerprint density at radius 1 is 1.19 bits per heavy atom. The molecular weight excluding hydrogens is 377 g/mol. The summed E-state index contributed by atoms with van der Waals surface area (Å²) in [6, 6.07) is 10.3. The number of nitrogens with zero attached hydrogens (tertiary/aromatic N) is 1. The van der Waals surface area contributed by atoms with Crippen LogP contribution in [-0.2, 0) is 11.3 Å². The monoisotopic (exact) mass is 405 g/mol. The molecule has 0 aliphatic heterocycles. The molecule has 0 heterocycles. The van der Waals surface area contributed by atoms with Crippen LogP contribution in [0, 0.1) is 5.41 Å². The summed E-state index contributed by atoms with van der Waals surface area (Å²) >= 11 is 0. The number of hydrogen-bond acceptors (Lipinski definition) is 2. The number of hydrogen-bond donors (Lipinski definition) is 2. The van der Waals surface area contributed by atoms with Gasteiger partial charge in [0.2, 0.25) is 0 Å². The zero-order valence-electron chi connectivity index (χ0n) is 13.6. The van der Waals surface area contributed by atoms with E-state index in [0.717, 1.165) is 19.0 Å². The quantitative estimate of drug-likeness (QED) is 0.450. The molecule has 4 nitrogen and oxygen atoms in total. The maximum Gasteiger partial charge on any atom is 0.191 e. The Bertz CT molecular complexity index is 415. The third-order valence-electron chi connectivity index (χ3n) is 3.23. The molecule has 21 heavy (non-hydrogen) atoms. The van der Waals surface area contributed by atoms with Crippen LogP contribution >= 0.6 is 24.0 Å². The van der Waals surface area contributed by atoms with Crippen molar-refractivity contribution in [3.8, 4) is 0 Å². The van der Waals surface area contributed by atoms with Crippen molar-refractivity contribution in [2.24, 2.45) is 10.4 Å². The molecule has 1 aromatic rings. The Morgan fingerprint density at radius 2 is 1.81 bits per heavy atom. The summed E-state index contributed by atoms with van der Waals surface area (Å²) in [4.78, 5) is 4.23. The van der Waals surface area contributed by atoms with Crippen LogP contribution in [0.1, 0.15) is 26.3 Å². The van der Waals surface area contributed by atoms with E-state index in [4.69, 9.17) is 4.74 Å². The molecule has 120 valence electrons. The van der Waals surface area contributed by atoms with Gasteiger partial charge in [0.05, 0.1) is 6.10 Å². The first-order valence-electron chi connectivity index (χ1n) is 6.98. The highest BCUT2D eigenvalue weighted by molar-refractivity contribution is 14.0. The second kappa shape index (κ2) is 10.00. The number of nitrogens with one attached hydrogen (secondary N) is 2. The molecule has 0 aliphatic carbocycles. The van der Waals surface area contributed by atoms with Crippen LogP contribution < -0.4 is 10.6 Å². The van der Waals surface area contributed by atoms with E-state index < -0.39 is 0 Å².